The van der Waals surface area contributed by atoms with Gasteiger partial charge in [-0.3, -0.25) is 4.79 Å². The predicted octanol–water partition coefficient (Wildman–Crippen LogP) is 3.08. The first-order chi connectivity index (χ1) is 15.8. The maximum absolute atomic E-state index is 12.7. The molecule has 1 atom stereocenters. The second kappa shape index (κ2) is 8.27. The molecule has 0 radical (unpaired) electrons. The van der Waals surface area contributed by atoms with Crippen molar-refractivity contribution >= 4 is 44.5 Å². The molecule has 1 aliphatic rings. The van der Waals surface area contributed by atoms with Crippen LogP contribution in [0.25, 0.3) is 15.7 Å². The zero-order valence-electron chi connectivity index (χ0n) is 18.8. The van der Waals surface area contributed by atoms with Gasteiger partial charge in [0.15, 0.2) is 5.75 Å². The van der Waals surface area contributed by atoms with Crippen LogP contribution in [0.5, 0.6) is 5.75 Å². The number of carbonyl (C=O) groups is 1. The van der Waals surface area contributed by atoms with Crippen molar-refractivity contribution in [1.82, 2.24) is 24.9 Å². The Labute approximate surface area is 194 Å². The van der Waals surface area contributed by atoms with Gasteiger partial charge in [0.2, 0.25) is 5.91 Å². The van der Waals surface area contributed by atoms with E-state index in [1.165, 1.54) is 10.4 Å². The summed E-state index contributed by atoms with van der Waals surface area (Å²) in [7, 11) is 1.63. The summed E-state index contributed by atoms with van der Waals surface area (Å²) in [6.45, 7) is 3.61. The van der Waals surface area contributed by atoms with Gasteiger partial charge in [-0.25, -0.2) is 14.5 Å². The first kappa shape index (κ1) is 21.6. The third kappa shape index (κ3) is 4.23. The summed E-state index contributed by atoms with van der Waals surface area (Å²) in [5.74, 6) is 1.26. The number of hydrogen-bond acceptors (Lipinski definition) is 8. The quantitative estimate of drug-likeness (QED) is 0.400. The summed E-state index contributed by atoms with van der Waals surface area (Å²) in [4.78, 5) is 23.8. The van der Waals surface area contributed by atoms with Gasteiger partial charge in [-0.1, -0.05) is 0 Å². The maximum Gasteiger partial charge on any atom is 0.223 e. The van der Waals surface area contributed by atoms with Crippen LogP contribution >= 0.6 is 11.3 Å². The summed E-state index contributed by atoms with van der Waals surface area (Å²) in [6.07, 6.45) is 7.32. The SMILES string of the molecule is COc1cn2nccc2cc1Nc1ncnc2sc3c(c12)CCC(C(=O)NCC(C)(C)O)C3. The zero-order valence-corrected chi connectivity index (χ0v) is 19.6. The van der Waals surface area contributed by atoms with Crippen LogP contribution in [0.4, 0.5) is 11.5 Å². The van der Waals surface area contributed by atoms with Gasteiger partial charge in [-0.05, 0) is 50.8 Å². The number of aryl methyl sites for hydroxylation is 1. The molecule has 33 heavy (non-hydrogen) atoms. The van der Waals surface area contributed by atoms with Gasteiger partial charge in [0.05, 0.1) is 35.5 Å². The molecule has 3 N–H and O–H groups in total. The van der Waals surface area contributed by atoms with Crippen LogP contribution in [0, 0.1) is 5.92 Å². The van der Waals surface area contributed by atoms with Crippen molar-refractivity contribution < 1.29 is 14.6 Å². The molecule has 1 amide bonds. The Bertz CT molecular complexity index is 1340. The van der Waals surface area contributed by atoms with E-state index in [1.807, 2.05) is 18.3 Å². The van der Waals surface area contributed by atoms with E-state index in [1.54, 1.807) is 49.3 Å². The average Bonchev–Trinajstić information content (AvgIpc) is 3.39. The summed E-state index contributed by atoms with van der Waals surface area (Å²) < 4.78 is 7.32. The van der Waals surface area contributed by atoms with Gasteiger partial charge in [0.25, 0.3) is 0 Å². The molecule has 172 valence electrons. The van der Waals surface area contributed by atoms with E-state index in [9.17, 15) is 9.90 Å². The van der Waals surface area contributed by atoms with E-state index in [4.69, 9.17) is 4.74 Å². The van der Waals surface area contributed by atoms with Crippen LogP contribution in [0.15, 0.2) is 30.9 Å². The largest absolute Gasteiger partial charge is 0.493 e. The Morgan fingerprint density at radius 3 is 3.03 bits per heavy atom. The molecule has 4 heterocycles. The van der Waals surface area contributed by atoms with Gasteiger partial charge in [0, 0.05) is 23.5 Å². The molecule has 9 nitrogen and oxygen atoms in total. The molecule has 1 unspecified atom stereocenters. The fourth-order valence-corrected chi connectivity index (χ4v) is 5.48. The van der Waals surface area contributed by atoms with Gasteiger partial charge < -0.3 is 20.5 Å². The van der Waals surface area contributed by atoms with Crippen molar-refractivity contribution in [2.75, 3.05) is 19.0 Å². The summed E-state index contributed by atoms with van der Waals surface area (Å²) in [6, 6.07) is 3.90. The second-order valence-electron chi connectivity index (χ2n) is 8.96. The molecule has 1 aliphatic carbocycles. The number of anilines is 2. The molecule has 0 fully saturated rings. The van der Waals surface area contributed by atoms with Crippen molar-refractivity contribution in [3.63, 3.8) is 0 Å². The molecular formula is C23H26N6O3S. The minimum atomic E-state index is -0.926. The highest BCUT2D eigenvalue weighted by molar-refractivity contribution is 7.19. The number of pyridine rings is 1. The highest BCUT2D eigenvalue weighted by Crippen LogP contribution is 2.41. The minimum Gasteiger partial charge on any atom is -0.493 e. The Morgan fingerprint density at radius 2 is 2.24 bits per heavy atom. The smallest absolute Gasteiger partial charge is 0.223 e. The number of fused-ring (bicyclic) bond motifs is 4. The number of carbonyl (C=O) groups excluding carboxylic acids is 1. The lowest BCUT2D eigenvalue weighted by atomic mass is 9.87. The van der Waals surface area contributed by atoms with Crippen molar-refractivity contribution in [3.05, 3.63) is 41.3 Å². The molecule has 0 saturated heterocycles. The first-order valence-corrected chi connectivity index (χ1v) is 11.7. The number of ether oxygens (including phenoxy) is 1. The highest BCUT2D eigenvalue weighted by atomic mass is 32.1. The standard InChI is InChI=1S/C23H26N6O3S/c1-23(2,31)11-24-21(30)13-4-5-15-18(8-13)33-22-19(15)20(25-12-26-22)28-16-9-14-6-7-27-29(14)10-17(16)32-3/h6-7,9-10,12-13,31H,4-5,8,11H2,1-3H3,(H,24,30)(H,25,26,28). The Morgan fingerprint density at radius 1 is 1.39 bits per heavy atom. The molecule has 0 bridgehead atoms. The first-order valence-electron chi connectivity index (χ1n) is 10.9. The number of aliphatic hydroxyl groups is 1. The van der Waals surface area contributed by atoms with E-state index in [2.05, 4.69) is 25.7 Å². The van der Waals surface area contributed by atoms with Gasteiger partial charge >= 0.3 is 0 Å². The number of methoxy groups -OCH3 is 1. The van der Waals surface area contributed by atoms with E-state index < -0.39 is 5.60 Å². The number of hydrogen-bond donors (Lipinski definition) is 3. The predicted molar refractivity (Wildman–Crippen MR) is 127 cm³/mol. The summed E-state index contributed by atoms with van der Waals surface area (Å²) >= 11 is 1.62. The third-order valence-electron chi connectivity index (χ3n) is 5.88. The van der Waals surface area contributed by atoms with Crippen LogP contribution < -0.4 is 15.4 Å². The van der Waals surface area contributed by atoms with Crippen LogP contribution in [-0.2, 0) is 17.6 Å². The molecular weight excluding hydrogens is 440 g/mol. The number of aromatic nitrogens is 4. The minimum absolute atomic E-state index is 0.0106. The van der Waals surface area contributed by atoms with Gasteiger partial charge in [-0.15, -0.1) is 11.3 Å². The number of thiophene rings is 1. The van der Waals surface area contributed by atoms with E-state index in [0.29, 0.717) is 12.2 Å². The molecule has 4 aromatic rings. The van der Waals surface area contributed by atoms with Crippen LogP contribution in [0.3, 0.4) is 0 Å². The topological polar surface area (TPSA) is 114 Å². The number of rotatable bonds is 6. The summed E-state index contributed by atoms with van der Waals surface area (Å²) in [5, 5.41) is 21.5. The molecule has 0 aliphatic heterocycles. The molecule has 0 aromatic carbocycles. The molecule has 0 saturated carbocycles. The van der Waals surface area contributed by atoms with Crippen molar-refractivity contribution in [2.24, 2.45) is 5.92 Å². The monoisotopic (exact) mass is 466 g/mol. The second-order valence-corrected chi connectivity index (χ2v) is 10.0. The van der Waals surface area contributed by atoms with Crippen LogP contribution in [0.2, 0.25) is 0 Å². The fourth-order valence-electron chi connectivity index (χ4n) is 4.21. The zero-order chi connectivity index (χ0) is 23.2. The fraction of sp³-hybridized carbons (Fsp3) is 0.391. The lowest BCUT2D eigenvalue weighted by Crippen LogP contribution is -2.42. The number of nitrogens with zero attached hydrogens (tertiary/aromatic N) is 4. The van der Waals surface area contributed by atoms with E-state index >= 15 is 0 Å². The lowest BCUT2D eigenvalue weighted by molar-refractivity contribution is -0.126. The van der Waals surface area contributed by atoms with Crippen molar-refractivity contribution in [1.29, 1.82) is 0 Å². The molecule has 4 aromatic heterocycles. The van der Waals surface area contributed by atoms with Gasteiger partial charge in [0.1, 0.15) is 17.0 Å². The maximum atomic E-state index is 12.7. The van der Waals surface area contributed by atoms with E-state index in [-0.39, 0.29) is 18.4 Å². The number of amides is 1. The van der Waals surface area contributed by atoms with Crippen molar-refractivity contribution in [2.45, 2.75) is 38.7 Å². The van der Waals surface area contributed by atoms with Crippen LogP contribution in [-0.4, -0.2) is 49.9 Å². The third-order valence-corrected chi connectivity index (χ3v) is 7.04. The number of nitrogens with one attached hydrogen (secondary N) is 2. The highest BCUT2D eigenvalue weighted by Gasteiger charge is 2.30. The lowest BCUT2D eigenvalue weighted by Gasteiger charge is -2.24. The Hall–Kier alpha value is -3.24. The Balaban J connectivity index is 1.44. The van der Waals surface area contributed by atoms with Gasteiger partial charge in [-0.2, -0.15) is 5.10 Å². The average molecular weight is 467 g/mol. The van der Waals surface area contributed by atoms with Crippen molar-refractivity contribution in [3.8, 4) is 5.75 Å². The van der Waals surface area contributed by atoms with E-state index in [0.717, 1.165) is 40.1 Å². The Kier molecular flexibility index (Phi) is 5.41. The molecule has 0 spiro atoms. The molecule has 5 rings (SSSR count). The summed E-state index contributed by atoms with van der Waals surface area (Å²) in [5.41, 5.74) is 2.01. The molecule has 10 heteroatoms. The van der Waals surface area contributed by atoms with Crippen LogP contribution in [0.1, 0.15) is 30.7 Å². The normalized spacial score (nSPS) is 16.1.